The second-order valence-corrected chi connectivity index (χ2v) is 6.21. The van der Waals surface area contributed by atoms with Crippen LogP contribution in [0.25, 0.3) is 11.0 Å². The van der Waals surface area contributed by atoms with Crippen LogP contribution in [-0.4, -0.2) is 20.4 Å². The molecule has 4 nitrogen and oxygen atoms in total. The van der Waals surface area contributed by atoms with Gasteiger partial charge in [-0.05, 0) is 24.3 Å². The van der Waals surface area contributed by atoms with Crippen molar-refractivity contribution in [1.29, 1.82) is 0 Å². The van der Waals surface area contributed by atoms with Gasteiger partial charge in [0, 0.05) is 37.3 Å². The Morgan fingerprint density at radius 3 is 2.40 bits per heavy atom. The van der Waals surface area contributed by atoms with Gasteiger partial charge < -0.3 is 4.57 Å². The van der Waals surface area contributed by atoms with Crippen LogP contribution in [0, 0.1) is 5.92 Å². The van der Waals surface area contributed by atoms with Crippen LogP contribution in [0.2, 0.25) is 0 Å². The number of carbonyl (C=O) groups excluding carboxylic acids is 1. The second kappa shape index (κ2) is 6.40. The van der Waals surface area contributed by atoms with Crippen molar-refractivity contribution < 1.29 is 4.79 Å². The first-order valence-electron chi connectivity index (χ1n) is 8.37. The Kier molecular flexibility index (Phi) is 3.94. The summed E-state index contributed by atoms with van der Waals surface area (Å²) in [5, 5.41) is 0. The Balaban J connectivity index is 1.48. The number of fused-ring (bicyclic) bond motifs is 1. The van der Waals surface area contributed by atoms with Gasteiger partial charge in [-0.15, -0.1) is 0 Å². The van der Waals surface area contributed by atoms with Gasteiger partial charge in [-0.1, -0.05) is 42.5 Å². The van der Waals surface area contributed by atoms with Crippen LogP contribution in [-0.2, 0) is 13.5 Å². The number of benzene rings is 2. The molecule has 0 spiro atoms. The fraction of sp³-hybridized carbons (Fsp3) is 0.143. The van der Waals surface area contributed by atoms with Gasteiger partial charge >= 0.3 is 0 Å². The van der Waals surface area contributed by atoms with E-state index in [-0.39, 0.29) is 11.8 Å². The summed E-state index contributed by atoms with van der Waals surface area (Å²) in [6.07, 6.45) is 8.62. The lowest BCUT2D eigenvalue weighted by atomic mass is 10.0. The molecule has 1 amide bonds. The Morgan fingerprint density at radius 2 is 1.68 bits per heavy atom. The van der Waals surface area contributed by atoms with Gasteiger partial charge in [0.1, 0.15) is 5.82 Å². The molecular weight excluding hydrogens is 310 g/mol. The molecule has 2 aromatic carbocycles. The number of amides is 1. The van der Waals surface area contributed by atoms with E-state index < -0.39 is 0 Å². The number of rotatable bonds is 3. The van der Waals surface area contributed by atoms with Crippen molar-refractivity contribution in [1.82, 2.24) is 14.5 Å². The average molecular weight is 329 g/mol. The highest BCUT2D eigenvalue weighted by Gasteiger charge is 2.17. The van der Waals surface area contributed by atoms with Crippen molar-refractivity contribution in [2.45, 2.75) is 6.42 Å². The summed E-state index contributed by atoms with van der Waals surface area (Å²) in [7, 11) is 2.05. The molecular formula is C21H19N3O. The minimum Gasteiger partial charge on any atom is -0.331 e. The SMILES string of the molecule is Cn1c(CC2C=CN(C(=O)c3ccccc3)C=C2)nc2ccccc21. The molecule has 0 saturated carbocycles. The van der Waals surface area contributed by atoms with Crippen LogP contribution < -0.4 is 0 Å². The van der Waals surface area contributed by atoms with Crippen molar-refractivity contribution in [2.75, 3.05) is 0 Å². The second-order valence-electron chi connectivity index (χ2n) is 6.21. The number of aromatic nitrogens is 2. The maximum absolute atomic E-state index is 12.4. The minimum absolute atomic E-state index is 0.0192. The summed E-state index contributed by atoms with van der Waals surface area (Å²) in [4.78, 5) is 18.8. The third-order valence-electron chi connectivity index (χ3n) is 4.54. The maximum Gasteiger partial charge on any atom is 0.261 e. The summed E-state index contributed by atoms with van der Waals surface area (Å²) < 4.78 is 2.14. The van der Waals surface area contributed by atoms with Crippen molar-refractivity contribution >= 4 is 16.9 Å². The zero-order chi connectivity index (χ0) is 17.2. The summed E-state index contributed by atoms with van der Waals surface area (Å²) in [6, 6.07) is 17.5. The van der Waals surface area contributed by atoms with Crippen molar-refractivity contribution in [3.8, 4) is 0 Å². The summed E-state index contributed by atoms with van der Waals surface area (Å²) in [5.74, 6) is 1.26. The van der Waals surface area contributed by atoms with Crippen LogP contribution in [0.1, 0.15) is 16.2 Å². The van der Waals surface area contributed by atoms with Crippen molar-refractivity contribution in [3.05, 3.63) is 90.5 Å². The highest BCUT2D eigenvalue weighted by atomic mass is 16.2. The molecule has 0 atom stereocenters. The average Bonchev–Trinajstić information content (AvgIpc) is 2.98. The third-order valence-corrected chi connectivity index (χ3v) is 4.54. The molecule has 0 bridgehead atoms. The Bertz CT molecular complexity index is 955. The van der Waals surface area contributed by atoms with Crippen molar-refractivity contribution in [2.24, 2.45) is 13.0 Å². The lowest BCUT2D eigenvalue weighted by Gasteiger charge is -2.20. The molecule has 0 saturated heterocycles. The number of aryl methyl sites for hydroxylation is 1. The van der Waals surface area contributed by atoms with Gasteiger partial charge in [0.25, 0.3) is 5.91 Å². The molecule has 3 aromatic rings. The Labute approximate surface area is 146 Å². The monoisotopic (exact) mass is 329 g/mol. The first kappa shape index (κ1) is 15.4. The Morgan fingerprint density at radius 1 is 1.00 bits per heavy atom. The van der Waals surface area contributed by atoms with Gasteiger partial charge in [0.15, 0.2) is 0 Å². The molecule has 2 heterocycles. The van der Waals surface area contributed by atoms with Crippen LogP contribution in [0.5, 0.6) is 0 Å². The fourth-order valence-electron chi connectivity index (χ4n) is 3.11. The highest BCUT2D eigenvalue weighted by Crippen LogP contribution is 2.20. The van der Waals surface area contributed by atoms with Gasteiger partial charge in [0.05, 0.1) is 11.0 Å². The fourth-order valence-corrected chi connectivity index (χ4v) is 3.11. The van der Waals surface area contributed by atoms with E-state index >= 15 is 0 Å². The van der Waals surface area contributed by atoms with Gasteiger partial charge in [-0.25, -0.2) is 4.98 Å². The first-order chi connectivity index (χ1) is 12.2. The van der Waals surface area contributed by atoms with E-state index in [1.54, 1.807) is 4.90 Å². The minimum atomic E-state index is -0.0192. The maximum atomic E-state index is 12.4. The summed E-state index contributed by atoms with van der Waals surface area (Å²) in [5.41, 5.74) is 2.84. The molecule has 1 aromatic heterocycles. The molecule has 1 aliphatic heterocycles. The quantitative estimate of drug-likeness (QED) is 0.730. The van der Waals surface area contributed by atoms with E-state index in [0.29, 0.717) is 5.56 Å². The third kappa shape index (κ3) is 2.98. The number of carbonyl (C=O) groups is 1. The van der Waals surface area contributed by atoms with Gasteiger partial charge in [-0.2, -0.15) is 0 Å². The molecule has 124 valence electrons. The predicted octanol–water partition coefficient (Wildman–Crippen LogP) is 3.92. The van der Waals surface area contributed by atoms with Crippen molar-refractivity contribution in [3.63, 3.8) is 0 Å². The number of nitrogens with zero attached hydrogens (tertiary/aromatic N) is 3. The van der Waals surface area contributed by atoms with E-state index in [4.69, 9.17) is 4.98 Å². The van der Waals surface area contributed by atoms with Crippen LogP contribution >= 0.6 is 0 Å². The zero-order valence-corrected chi connectivity index (χ0v) is 14.0. The number of para-hydroxylation sites is 2. The number of imidazole rings is 1. The molecule has 25 heavy (non-hydrogen) atoms. The normalized spacial score (nSPS) is 14.4. The molecule has 0 unspecified atom stereocenters. The Hall–Kier alpha value is -3.14. The van der Waals surface area contributed by atoms with E-state index in [9.17, 15) is 4.79 Å². The van der Waals surface area contributed by atoms with Crippen LogP contribution in [0.3, 0.4) is 0 Å². The number of hydrogen-bond donors (Lipinski definition) is 0. The molecule has 4 heteroatoms. The standard InChI is InChI=1S/C21H19N3O/c1-23-19-10-6-5-9-18(19)22-20(23)15-16-11-13-24(14-12-16)21(25)17-7-3-2-4-8-17/h2-14,16H,15H2,1H3. The summed E-state index contributed by atoms with van der Waals surface area (Å²) >= 11 is 0. The van der Waals surface area contributed by atoms with Crippen LogP contribution in [0.15, 0.2) is 79.1 Å². The molecule has 0 fully saturated rings. The molecule has 0 radical (unpaired) electrons. The van der Waals surface area contributed by atoms with E-state index in [1.165, 1.54) is 0 Å². The zero-order valence-electron chi connectivity index (χ0n) is 14.0. The van der Waals surface area contributed by atoms with Gasteiger partial charge in [-0.3, -0.25) is 9.69 Å². The first-order valence-corrected chi connectivity index (χ1v) is 8.37. The molecule has 4 rings (SSSR count). The molecule has 0 aliphatic carbocycles. The number of allylic oxidation sites excluding steroid dienone is 2. The molecule has 1 aliphatic rings. The van der Waals surface area contributed by atoms with E-state index in [1.807, 2.05) is 68.0 Å². The van der Waals surface area contributed by atoms with E-state index in [2.05, 4.69) is 22.8 Å². The van der Waals surface area contributed by atoms with Crippen LogP contribution in [0.4, 0.5) is 0 Å². The topological polar surface area (TPSA) is 38.1 Å². The predicted molar refractivity (Wildman–Crippen MR) is 98.8 cm³/mol. The van der Waals surface area contributed by atoms with E-state index in [0.717, 1.165) is 23.3 Å². The molecule has 0 N–H and O–H groups in total. The largest absolute Gasteiger partial charge is 0.331 e. The smallest absolute Gasteiger partial charge is 0.261 e. The lowest BCUT2D eigenvalue weighted by molar-refractivity contribution is 0.0867. The lowest BCUT2D eigenvalue weighted by Crippen LogP contribution is -2.23. The highest BCUT2D eigenvalue weighted by molar-refractivity contribution is 5.95. The van der Waals surface area contributed by atoms with Gasteiger partial charge in [0.2, 0.25) is 0 Å². The number of hydrogen-bond acceptors (Lipinski definition) is 2. The summed E-state index contributed by atoms with van der Waals surface area (Å²) in [6.45, 7) is 0.